The Labute approximate surface area is 288 Å². The van der Waals surface area contributed by atoms with Crippen LogP contribution in [-0.2, 0) is 9.53 Å². The lowest BCUT2D eigenvalue weighted by molar-refractivity contribution is -0.136. The number of fused-ring (bicyclic) bond motifs is 1. The van der Waals surface area contributed by atoms with Crippen LogP contribution in [0.5, 0.6) is 0 Å². The summed E-state index contributed by atoms with van der Waals surface area (Å²) in [6.07, 6.45) is 2.61. The highest BCUT2D eigenvalue weighted by atomic mass is 32.2. The average molecular weight is 677 g/mol. The van der Waals surface area contributed by atoms with E-state index in [1.54, 1.807) is 55.1 Å². The Morgan fingerprint density at radius 1 is 0.857 bits per heavy atom. The highest BCUT2D eigenvalue weighted by Gasteiger charge is 2.36. The molecule has 1 aliphatic rings. The lowest BCUT2D eigenvalue weighted by Gasteiger charge is -2.41. The molecule has 10 nitrogen and oxygen atoms in total. The number of rotatable bonds is 10. The van der Waals surface area contributed by atoms with Crippen molar-refractivity contribution in [1.82, 2.24) is 19.1 Å². The van der Waals surface area contributed by atoms with Crippen molar-refractivity contribution >= 4 is 40.7 Å². The molecule has 2 amide bonds. The Balaban J connectivity index is 1.28. The van der Waals surface area contributed by atoms with Crippen molar-refractivity contribution in [3.8, 4) is 0 Å². The molecule has 1 atom stereocenters. The van der Waals surface area contributed by atoms with E-state index >= 15 is 0 Å². The number of aromatic nitrogens is 1. The quantitative estimate of drug-likeness (QED) is 0.133. The second kappa shape index (κ2) is 15.3. The van der Waals surface area contributed by atoms with Crippen LogP contribution in [0.2, 0.25) is 0 Å². The van der Waals surface area contributed by atoms with E-state index in [1.807, 2.05) is 36.4 Å². The van der Waals surface area contributed by atoms with Gasteiger partial charge in [0, 0.05) is 44.3 Å². The van der Waals surface area contributed by atoms with Gasteiger partial charge in [0.05, 0.1) is 23.6 Å². The van der Waals surface area contributed by atoms with Crippen LogP contribution in [0.1, 0.15) is 51.7 Å². The largest absolute Gasteiger partial charge is 0.463 e. The number of hydrogen-bond acceptors (Lipinski definition) is 9. The van der Waals surface area contributed by atoms with Gasteiger partial charge in [-0.05, 0) is 49.2 Å². The maximum Gasteiger partial charge on any atom is 0.340 e. The number of benzene rings is 3. The summed E-state index contributed by atoms with van der Waals surface area (Å²) in [6.45, 7) is 5.54. The molecule has 49 heavy (non-hydrogen) atoms. The number of carbonyl (C=O) groups is 3. The van der Waals surface area contributed by atoms with E-state index in [4.69, 9.17) is 9.15 Å². The third-order valence-corrected chi connectivity index (χ3v) is 9.67. The Morgan fingerprint density at radius 3 is 2.14 bits per heavy atom. The zero-order valence-electron chi connectivity index (χ0n) is 27.2. The standard InChI is InChI=1S/C38H36N4O6S/c1-3-47-38(46)30-18-12-20-39-35(30)49-42(37(45)31-25-48-32-19-11-10-17-29(32)34(31)43)26(2)36(44)41-23-21-40(22-24-41)33(27-13-6-4-7-14-27)28-15-8-5-9-16-28/h4-20,25-26,33H,3,21-24H2,1-2H3/t26-/m1/s1. The van der Waals surface area contributed by atoms with Crippen LogP contribution in [0.4, 0.5) is 0 Å². The Morgan fingerprint density at radius 2 is 1.49 bits per heavy atom. The molecule has 1 fully saturated rings. The summed E-state index contributed by atoms with van der Waals surface area (Å²) in [5.74, 6) is -1.65. The first-order chi connectivity index (χ1) is 23.9. The van der Waals surface area contributed by atoms with Crippen molar-refractivity contribution in [1.29, 1.82) is 0 Å². The van der Waals surface area contributed by atoms with Crippen molar-refractivity contribution in [2.24, 2.45) is 0 Å². The van der Waals surface area contributed by atoms with E-state index in [0.29, 0.717) is 31.8 Å². The number of amides is 2. The summed E-state index contributed by atoms with van der Waals surface area (Å²) in [6, 6.07) is 29.3. The van der Waals surface area contributed by atoms with Gasteiger partial charge in [-0.15, -0.1) is 0 Å². The van der Waals surface area contributed by atoms with Crippen LogP contribution < -0.4 is 5.43 Å². The zero-order valence-corrected chi connectivity index (χ0v) is 28.0. The summed E-state index contributed by atoms with van der Waals surface area (Å²) >= 11 is 0.820. The monoisotopic (exact) mass is 676 g/mol. The second-order valence-corrected chi connectivity index (χ2v) is 12.5. The van der Waals surface area contributed by atoms with E-state index in [1.165, 1.54) is 10.5 Å². The molecule has 0 unspecified atom stereocenters. The van der Waals surface area contributed by atoms with Gasteiger partial charge in [0.1, 0.15) is 28.5 Å². The first-order valence-corrected chi connectivity index (χ1v) is 16.9. The molecule has 5 aromatic rings. The lowest BCUT2D eigenvalue weighted by atomic mass is 9.96. The number of piperazine rings is 1. The van der Waals surface area contributed by atoms with Crippen LogP contribution in [0, 0.1) is 0 Å². The van der Waals surface area contributed by atoms with Gasteiger partial charge in [0.15, 0.2) is 0 Å². The van der Waals surface area contributed by atoms with Gasteiger partial charge in [-0.25, -0.2) is 9.78 Å². The number of ether oxygens (including phenoxy) is 1. The van der Waals surface area contributed by atoms with Crippen molar-refractivity contribution in [2.45, 2.75) is 31.0 Å². The Bertz CT molecular complexity index is 1960. The number of pyridine rings is 1. The molecule has 0 bridgehead atoms. The average Bonchev–Trinajstić information content (AvgIpc) is 3.15. The minimum absolute atomic E-state index is 0.0169. The molecule has 6 rings (SSSR count). The van der Waals surface area contributed by atoms with Gasteiger partial charge >= 0.3 is 5.97 Å². The van der Waals surface area contributed by atoms with Crippen LogP contribution >= 0.6 is 11.9 Å². The normalized spacial score (nSPS) is 14.1. The third kappa shape index (κ3) is 7.28. The number of hydrogen-bond donors (Lipinski definition) is 0. The predicted molar refractivity (Wildman–Crippen MR) is 187 cm³/mol. The number of carbonyl (C=O) groups excluding carboxylic acids is 3. The van der Waals surface area contributed by atoms with Gasteiger partial charge in [0.2, 0.25) is 11.3 Å². The Kier molecular flexibility index (Phi) is 10.5. The first-order valence-electron chi connectivity index (χ1n) is 16.1. The SMILES string of the molecule is CCOC(=O)c1cccnc1SN(C(=O)c1coc2ccccc2c1=O)[C@H](C)C(=O)N1CCN(C(c2ccccc2)c2ccccc2)CC1. The van der Waals surface area contributed by atoms with Gasteiger partial charge < -0.3 is 14.1 Å². The van der Waals surface area contributed by atoms with Crippen molar-refractivity contribution < 1.29 is 23.5 Å². The topological polar surface area (TPSA) is 113 Å². The molecule has 1 aliphatic heterocycles. The molecule has 0 N–H and O–H groups in total. The summed E-state index contributed by atoms with van der Waals surface area (Å²) in [4.78, 5) is 63.2. The number of esters is 1. The molecule has 0 spiro atoms. The van der Waals surface area contributed by atoms with E-state index in [-0.39, 0.29) is 40.1 Å². The summed E-state index contributed by atoms with van der Waals surface area (Å²) < 4.78 is 12.1. The van der Waals surface area contributed by atoms with Crippen LogP contribution in [-0.4, -0.2) is 75.7 Å². The van der Waals surface area contributed by atoms with Crippen molar-refractivity contribution in [3.05, 3.63) is 142 Å². The van der Waals surface area contributed by atoms with E-state index in [0.717, 1.165) is 29.3 Å². The molecular weight excluding hydrogens is 641 g/mol. The smallest absolute Gasteiger partial charge is 0.340 e. The maximum absolute atomic E-state index is 14.2. The lowest BCUT2D eigenvalue weighted by Crippen LogP contribution is -2.54. The van der Waals surface area contributed by atoms with Crippen LogP contribution in [0.25, 0.3) is 11.0 Å². The minimum Gasteiger partial charge on any atom is -0.463 e. The summed E-state index contributed by atoms with van der Waals surface area (Å²) in [7, 11) is 0. The predicted octanol–water partition coefficient (Wildman–Crippen LogP) is 5.84. The van der Waals surface area contributed by atoms with Crippen LogP contribution in [0.15, 0.2) is 124 Å². The fourth-order valence-electron chi connectivity index (χ4n) is 6.01. The molecule has 11 heteroatoms. The van der Waals surface area contributed by atoms with E-state index in [9.17, 15) is 19.2 Å². The molecule has 2 aromatic heterocycles. The molecule has 1 saturated heterocycles. The molecule has 250 valence electrons. The van der Waals surface area contributed by atoms with Gasteiger partial charge in [-0.2, -0.15) is 0 Å². The molecule has 3 heterocycles. The van der Waals surface area contributed by atoms with E-state index < -0.39 is 23.3 Å². The minimum atomic E-state index is -1.04. The molecule has 0 radical (unpaired) electrons. The van der Waals surface area contributed by atoms with Gasteiger partial charge in [-0.3, -0.25) is 23.6 Å². The maximum atomic E-state index is 14.2. The Hall–Kier alpha value is -5.26. The second-order valence-electron chi connectivity index (χ2n) is 11.5. The molecule has 0 saturated carbocycles. The fraction of sp³-hybridized carbons (Fsp3) is 0.237. The summed E-state index contributed by atoms with van der Waals surface area (Å²) in [5, 5.41) is 0.405. The van der Waals surface area contributed by atoms with Crippen molar-refractivity contribution in [3.63, 3.8) is 0 Å². The fourth-order valence-corrected chi connectivity index (χ4v) is 6.98. The first kappa shape index (κ1) is 33.6. The van der Waals surface area contributed by atoms with Crippen molar-refractivity contribution in [2.75, 3.05) is 32.8 Å². The highest BCUT2D eigenvalue weighted by molar-refractivity contribution is 7.97. The number of para-hydroxylation sites is 1. The summed E-state index contributed by atoms with van der Waals surface area (Å²) in [5.41, 5.74) is 2.04. The molecule has 0 aliphatic carbocycles. The molecule has 3 aromatic carbocycles. The molecular formula is C38H36N4O6S. The third-order valence-electron chi connectivity index (χ3n) is 8.49. The van der Waals surface area contributed by atoms with Gasteiger partial charge in [0.25, 0.3) is 5.91 Å². The van der Waals surface area contributed by atoms with Gasteiger partial charge in [-0.1, -0.05) is 72.8 Å². The van der Waals surface area contributed by atoms with Crippen LogP contribution in [0.3, 0.4) is 0 Å². The van der Waals surface area contributed by atoms with E-state index in [2.05, 4.69) is 34.1 Å². The zero-order chi connectivity index (χ0) is 34.3. The highest BCUT2D eigenvalue weighted by Crippen LogP contribution is 2.32. The number of nitrogens with zero attached hydrogens (tertiary/aromatic N) is 4.